The number of aromatic nitrogens is 4. The highest BCUT2D eigenvalue weighted by Gasteiger charge is 2.46. The largest absolute Gasteiger partial charge is 0.481 e. The summed E-state index contributed by atoms with van der Waals surface area (Å²) in [6.45, 7) is 3.04. The summed E-state index contributed by atoms with van der Waals surface area (Å²) < 4.78 is 62.8. The van der Waals surface area contributed by atoms with Crippen LogP contribution in [0.5, 0.6) is 0 Å². The minimum Gasteiger partial charge on any atom is -0.386 e. The number of nitrogens with one attached hydrogen (secondary N) is 2. The zero-order valence-corrected chi connectivity index (χ0v) is 31.1. The molecule has 0 spiro atoms. The molecule has 3 rings (SSSR count). The van der Waals surface area contributed by atoms with Crippen LogP contribution in [0.15, 0.2) is 12.7 Å². The van der Waals surface area contributed by atoms with Crippen LogP contribution in [0.3, 0.4) is 0 Å². The van der Waals surface area contributed by atoms with Gasteiger partial charge in [0.2, 0.25) is 5.91 Å². The lowest BCUT2D eigenvalue weighted by Crippen LogP contribution is -2.54. The normalized spacial score (nSPS) is 23.6. The first-order valence-corrected chi connectivity index (χ1v) is 20.9. The van der Waals surface area contributed by atoms with Crippen molar-refractivity contribution in [3.63, 3.8) is 0 Å². The predicted molar refractivity (Wildman–Crippen MR) is 177 cm³/mol. The third-order valence-electron chi connectivity index (χ3n) is 7.25. The number of phosphoric ester groups is 3. The highest BCUT2D eigenvalue weighted by molar-refractivity contribution is 7.99. The van der Waals surface area contributed by atoms with Gasteiger partial charge in [0.1, 0.15) is 24.1 Å². The van der Waals surface area contributed by atoms with Crippen molar-refractivity contribution in [1.29, 1.82) is 0 Å². The van der Waals surface area contributed by atoms with Crippen molar-refractivity contribution in [2.75, 3.05) is 43.5 Å². The monoisotopic (exact) mass is 809 g/mol. The fourth-order valence-electron chi connectivity index (χ4n) is 4.58. The van der Waals surface area contributed by atoms with E-state index in [0.717, 1.165) is 23.0 Å². The van der Waals surface area contributed by atoms with Crippen LogP contribution in [0.25, 0.3) is 11.2 Å². The molecule has 2 amide bonds. The molecule has 0 bridgehead atoms. The number of aliphatic hydroxyl groups excluding tert-OH is 1. The first kappa shape index (κ1) is 43.3. The number of hydrogen-bond acceptors (Lipinski definition) is 17. The second-order valence-electron chi connectivity index (χ2n) is 11.3. The molecule has 7 atom stereocenters. The Morgan fingerprint density at radius 1 is 1.12 bits per heavy atom. The number of thioether (sulfide) groups is 1. The standard InChI is InChI=1S/C24H42N7O16P3S/c1-4-51-8-7-26-17(32)5-6-27-23(34)24(35,14(2)3)11-44-49(39,40)47-50(41,42)45-15-9-16(46-48(36,37)38)19(33)22(43-10-15)31-13-30-18-20(25)28-12-29-21(18)31/h12-16,19,22,33,35H,4-11H2,1-3H3,(H,26,32)(H,27,34)(H,39,40)(H,41,42)(H2,25,28,29)(H2,36,37,38)/t15?,16?,19?,22-,24?/m1/s1. The third-order valence-corrected chi connectivity index (χ3v) is 11.4. The smallest absolute Gasteiger partial charge is 0.386 e. The summed E-state index contributed by atoms with van der Waals surface area (Å²) in [6, 6.07) is 0. The molecule has 6 unspecified atom stereocenters. The fraction of sp³-hybridized carbons (Fsp3) is 0.708. The van der Waals surface area contributed by atoms with Crippen molar-refractivity contribution in [2.45, 2.75) is 63.8 Å². The zero-order chi connectivity index (χ0) is 38.2. The molecule has 2 aromatic heterocycles. The quantitative estimate of drug-likeness (QED) is 0.0641. The lowest BCUT2D eigenvalue weighted by Gasteiger charge is -2.31. The molecule has 3 heterocycles. The third kappa shape index (κ3) is 12.8. The Balaban J connectivity index is 1.66. The molecule has 0 aromatic carbocycles. The van der Waals surface area contributed by atoms with E-state index < -0.39 is 85.1 Å². The van der Waals surface area contributed by atoms with E-state index in [-0.39, 0.29) is 35.9 Å². The molecule has 1 fully saturated rings. The zero-order valence-electron chi connectivity index (χ0n) is 27.6. The van der Waals surface area contributed by atoms with E-state index in [0.29, 0.717) is 12.3 Å². The summed E-state index contributed by atoms with van der Waals surface area (Å²) in [5, 5.41) is 27.0. The molecule has 1 aliphatic heterocycles. The van der Waals surface area contributed by atoms with Gasteiger partial charge < -0.3 is 50.9 Å². The van der Waals surface area contributed by atoms with Gasteiger partial charge in [0.25, 0.3) is 5.91 Å². The molecular weight excluding hydrogens is 767 g/mol. The van der Waals surface area contributed by atoms with Crippen molar-refractivity contribution in [2.24, 2.45) is 5.92 Å². The molecule has 0 saturated carbocycles. The van der Waals surface area contributed by atoms with Gasteiger partial charge in [-0.3, -0.25) is 27.7 Å². The molecule has 0 radical (unpaired) electrons. The van der Waals surface area contributed by atoms with Crippen LogP contribution in [-0.2, 0) is 45.9 Å². The topological polar surface area (TPSA) is 347 Å². The number of carbonyl (C=O) groups is 2. The number of nitrogens with zero attached hydrogens (tertiary/aromatic N) is 4. The van der Waals surface area contributed by atoms with Gasteiger partial charge in [-0.05, 0) is 11.7 Å². The van der Waals surface area contributed by atoms with Crippen molar-refractivity contribution in [1.82, 2.24) is 30.2 Å². The van der Waals surface area contributed by atoms with Gasteiger partial charge in [0.15, 0.2) is 23.3 Å². The van der Waals surface area contributed by atoms with E-state index >= 15 is 0 Å². The van der Waals surface area contributed by atoms with Gasteiger partial charge in [-0.1, -0.05) is 20.8 Å². The summed E-state index contributed by atoms with van der Waals surface area (Å²) in [7, 11) is -16.5. The number of rotatable bonds is 19. The van der Waals surface area contributed by atoms with Gasteiger partial charge in [-0.2, -0.15) is 16.1 Å². The average molecular weight is 810 g/mol. The van der Waals surface area contributed by atoms with Crippen LogP contribution in [0.2, 0.25) is 0 Å². The number of nitrogen functional groups attached to an aromatic ring is 1. The van der Waals surface area contributed by atoms with E-state index in [9.17, 15) is 53.1 Å². The van der Waals surface area contributed by atoms with Crippen LogP contribution in [0.4, 0.5) is 5.82 Å². The summed E-state index contributed by atoms with van der Waals surface area (Å²) in [5.74, 6) is -0.831. The number of aliphatic hydroxyl groups is 2. The Morgan fingerprint density at radius 2 is 1.82 bits per heavy atom. The number of anilines is 1. The van der Waals surface area contributed by atoms with E-state index in [1.54, 1.807) is 11.8 Å². The molecule has 27 heteroatoms. The lowest BCUT2D eigenvalue weighted by atomic mass is 9.90. The van der Waals surface area contributed by atoms with Crippen LogP contribution in [0.1, 0.15) is 39.8 Å². The van der Waals surface area contributed by atoms with Gasteiger partial charge in [-0.25, -0.2) is 28.6 Å². The van der Waals surface area contributed by atoms with Crippen LogP contribution in [-0.4, -0.2) is 123 Å². The molecule has 1 aliphatic rings. The van der Waals surface area contributed by atoms with E-state index in [2.05, 4.69) is 29.9 Å². The van der Waals surface area contributed by atoms with Crippen LogP contribution >= 0.6 is 35.2 Å². The number of hydrogen-bond donors (Lipinski definition) is 9. The maximum absolute atomic E-state index is 12.9. The van der Waals surface area contributed by atoms with Crippen LogP contribution < -0.4 is 16.4 Å². The number of nitrogens with two attached hydrogens (primary N) is 1. The average Bonchev–Trinajstić information content (AvgIpc) is 3.39. The van der Waals surface area contributed by atoms with Gasteiger partial charge in [0.05, 0.1) is 25.6 Å². The highest BCUT2D eigenvalue weighted by Crippen LogP contribution is 2.61. The second kappa shape index (κ2) is 18.3. The molecule has 51 heavy (non-hydrogen) atoms. The van der Waals surface area contributed by atoms with Crippen molar-refractivity contribution in [3.8, 4) is 0 Å². The molecule has 1 saturated heterocycles. The van der Waals surface area contributed by atoms with Gasteiger partial charge in [0, 0.05) is 31.7 Å². The second-order valence-corrected chi connectivity index (χ2v) is 16.9. The lowest BCUT2D eigenvalue weighted by molar-refractivity contribution is -0.149. The summed E-state index contributed by atoms with van der Waals surface area (Å²) in [6.07, 6.45) is -5.63. The predicted octanol–water partition coefficient (Wildman–Crippen LogP) is -0.452. The molecular formula is C24H42N7O16P3S. The molecule has 10 N–H and O–H groups in total. The summed E-state index contributed by atoms with van der Waals surface area (Å²) in [5.41, 5.74) is 3.44. The first-order chi connectivity index (χ1) is 23.7. The Kier molecular flexibility index (Phi) is 15.5. The Morgan fingerprint density at radius 3 is 2.47 bits per heavy atom. The van der Waals surface area contributed by atoms with E-state index in [1.807, 2.05) is 6.92 Å². The van der Waals surface area contributed by atoms with Crippen molar-refractivity contribution in [3.05, 3.63) is 12.7 Å². The molecule has 290 valence electrons. The molecule has 23 nitrogen and oxygen atoms in total. The number of imidazole rings is 1. The fourth-order valence-corrected chi connectivity index (χ4v) is 7.95. The number of phosphoric acid groups is 3. The van der Waals surface area contributed by atoms with Crippen LogP contribution in [0, 0.1) is 5.92 Å². The Hall–Kier alpha value is -2.11. The molecule has 2 aromatic rings. The number of fused-ring (bicyclic) bond motifs is 1. The number of carbonyl (C=O) groups excluding carboxylic acids is 2. The van der Waals surface area contributed by atoms with E-state index in [4.69, 9.17) is 24.0 Å². The molecule has 0 aliphatic carbocycles. The summed E-state index contributed by atoms with van der Waals surface area (Å²) >= 11 is 1.63. The minimum absolute atomic E-state index is 0.0352. The SMILES string of the molecule is CCSCCNC(=O)CCNC(=O)C(O)(COP(=O)(O)OP(=O)(O)OC1CO[C@@H](n2cnc3c(N)ncnc32)C(O)C(OP(=O)(O)O)C1)C(C)C. The van der Waals surface area contributed by atoms with Gasteiger partial charge in [-0.15, -0.1) is 0 Å². The first-order valence-electron chi connectivity index (χ1n) is 15.2. The highest BCUT2D eigenvalue weighted by atomic mass is 32.2. The minimum atomic E-state index is -5.63. The Labute approximate surface area is 295 Å². The summed E-state index contributed by atoms with van der Waals surface area (Å²) in [4.78, 5) is 76.1. The maximum atomic E-state index is 12.9. The van der Waals surface area contributed by atoms with Crippen molar-refractivity contribution < 1.29 is 75.7 Å². The van der Waals surface area contributed by atoms with E-state index in [1.165, 1.54) is 13.8 Å². The number of ether oxygens (including phenoxy) is 1. The maximum Gasteiger partial charge on any atom is 0.481 e. The number of amides is 2. The Bertz CT molecular complexity index is 1650. The van der Waals surface area contributed by atoms with Gasteiger partial charge >= 0.3 is 23.5 Å². The van der Waals surface area contributed by atoms with Crippen molar-refractivity contribution >= 4 is 64.0 Å².